The normalized spacial score (nSPS) is 13.8. The van der Waals surface area contributed by atoms with Crippen molar-refractivity contribution in [3.8, 4) is 0 Å². The fourth-order valence-corrected chi connectivity index (χ4v) is 3.21. The Bertz CT molecular complexity index is 789. The van der Waals surface area contributed by atoms with Gasteiger partial charge in [-0.3, -0.25) is 9.78 Å². The van der Waals surface area contributed by atoms with Crippen LogP contribution in [0.1, 0.15) is 36.5 Å². The maximum Gasteiger partial charge on any atom is 0.319 e. The summed E-state index contributed by atoms with van der Waals surface area (Å²) in [5.41, 5.74) is 1.32. The largest absolute Gasteiger partial charge is 0.353 e. The number of rotatable bonds is 7. The van der Waals surface area contributed by atoms with Crippen LogP contribution in [-0.4, -0.2) is 59.5 Å². The monoisotopic (exact) mass is 396 g/mol. The zero-order chi connectivity index (χ0) is 20.5. The van der Waals surface area contributed by atoms with E-state index in [1.807, 2.05) is 17.0 Å². The number of hydrogen-bond acceptors (Lipinski definition) is 5. The summed E-state index contributed by atoms with van der Waals surface area (Å²) in [4.78, 5) is 36.8. The summed E-state index contributed by atoms with van der Waals surface area (Å²) in [6, 6.07) is 7.01. The molecule has 0 bridgehead atoms. The van der Waals surface area contributed by atoms with Crippen LogP contribution in [0.4, 0.5) is 16.3 Å². The van der Waals surface area contributed by atoms with Crippen LogP contribution in [0.3, 0.4) is 0 Å². The van der Waals surface area contributed by atoms with Crippen molar-refractivity contribution < 1.29 is 9.59 Å². The molecule has 0 aliphatic carbocycles. The molecule has 8 heteroatoms. The van der Waals surface area contributed by atoms with Crippen molar-refractivity contribution in [2.75, 3.05) is 42.9 Å². The van der Waals surface area contributed by atoms with Gasteiger partial charge in [-0.2, -0.15) is 0 Å². The molecule has 0 atom stereocenters. The lowest BCUT2D eigenvalue weighted by Crippen LogP contribution is -2.49. The zero-order valence-electron chi connectivity index (χ0n) is 16.8. The Balaban J connectivity index is 1.46. The average Bonchev–Trinajstić information content (AvgIpc) is 2.77. The molecule has 8 nitrogen and oxygen atoms in total. The Morgan fingerprint density at radius 2 is 1.79 bits per heavy atom. The summed E-state index contributed by atoms with van der Waals surface area (Å²) in [6.07, 6.45) is 8.15. The number of unbranched alkanes of at least 4 members (excludes halogenated alkanes) is 2. The van der Waals surface area contributed by atoms with E-state index < -0.39 is 0 Å². The number of nitrogens with zero attached hydrogens (tertiary/aromatic N) is 4. The highest BCUT2D eigenvalue weighted by atomic mass is 16.2. The SMILES string of the molecule is CCCCCNC(=O)Nc1ccc(N2CCN(C(=O)c3ccncc3)CC2)nc1. The number of hydrogen-bond donors (Lipinski definition) is 2. The lowest BCUT2D eigenvalue weighted by Gasteiger charge is -2.35. The van der Waals surface area contributed by atoms with Gasteiger partial charge in [-0.25, -0.2) is 9.78 Å². The van der Waals surface area contributed by atoms with Gasteiger partial charge < -0.3 is 20.4 Å². The molecule has 0 saturated carbocycles. The van der Waals surface area contributed by atoms with Crippen molar-refractivity contribution in [3.05, 3.63) is 48.4 Å². The van der Waals surface area contributed by atoms with E-state index in [2.05, 4.69) is 32.4 Å². The van der Waals surface area contributed by atoms with Crippen LogP contribution in [0.5, 0.6) is 0 Å². The van der Waals surface area contributed by atoms with Crippen LogP contribution in [-0.2, 0) is 0 Å². The molecule has 2 aromatic heterocycles. The van der Waals surface area contributed by atoms with Crippen LogP contribution in [0.15, 0.2) is 42.9 Å². The Morgan fingerprint density at radius 3 is 2.45 bits per heavy atom. The van der Waals surface area contributed by atoms with E-state index in [0.29, 0.717) is 44.0 Å². The predicted octanol–water partition coefficient (Wildman–Crippen LogP) is 2.75. The smallest absolute Gasteiger partial charge is 0.319 e. The van der Waals surface area contributed by atoms with Gasteiger partial charge in [-0.05, 0) is 30.7 Å². The summed E-state index contributed by atoms with van der Waals surface area (Å²) >= 11 is 0. The van der Waals surface area contributed by atoms with Crippen molar-refractivity contribution in [2.45, 2.75) is 26.2 Å². The Labute approximate surface area is 171 Å². The van der Waals surface area contributed by atoms with Crippen molar-refractivity contribution in [3.63, 3.8) is 0 Å². The van der Waals surface area contributed by atoms with Crippen LogP contribution < -0.4 is 15.5 Å². The molecule has 154 valence electrons. The molecule has 3 heterocycles. The average molecular weight is 396 g/mol. The van der Waals surface area contributed by atoms with Crippen molar-refractivity contribution in [1.82, 2.24) is 20.2 Å². The van der Waals surface area contributed by atoms with E-state index in [1.54, 1.807) is 30.7 Å². The first kappa shape index (κ1) is 20.6. The second-order valence-electron chi connectivity index (χ2n) is 7.01. The van der Waals surface area contributed by atoms with E-state index in [9.17, 15) is 9.59 Å². The van der Waals surface area contributed by atoms with Crippen LogP contribution in [0.25, 0.3) is 0 Å². The second-order valence-corrected chi connectivity index (χ2v) is 7.01. The van der Waals surface area contributed by atoms with E-state index in [-0.39, 0.29) is 11.9 Å². The fourth-order valence-electron chi connectivity index (χ4n) is 3.21. The number of pyridine rings is 2. The molecule has 1 aliphatic heterocycles. The van der Waals surface area contributed by atoms with Crippen LogP contribution in [0, 0.1) is 0 Å². The maximum absolute atomic E-state index is 12.5. The third-order valence-electron chi connectivity index (χ3n) is 4.89. The minimum atomic E-state index is -0.209. The first-order chi connectivity index (χ1) is 14.2. The highest BCUT2D eigenvalue weighted by Gasteiger charge is 2.22. The summed E-state index contributed by atoms with van der Waals surface area (Å²) in [7, 11) is 0. The molecule has 29 heavy (non-hydrogen) atoms. The lowest BCUT2D eigenvalue weighted by atomic mass is 10.2. The molecular formula is C21H28N6O2. The highest BCUT2D eigenvalue weighted by Crippen LogP contribution is 2.17. The molecule has 3 rings (SSSR count). The number of aromatic nitrogens is 2. The first-order valence-electron chi connectivity index (χ1n) is 10.1. The topological polar surface area (TPSA) is 90.5 Å². The molecule has 2 aromatic rings. The number of amides is 3. The summed E-state index contributed by atoms with van der Waals surface area (Å²) in [5, 5.41) is 5.64. The van der Waals surface area contributed by atoms with Crippen LogP contribution in [0.2, 0.25) is 0 Å². The molecule has 0 radical (unpaired) electrons. The standard InChI is InChI=1S/C21H28N6O2/c1-2-3-4-9-23-21(29)25-18-5-6-19(24-16-18)26-12-14-27(15-13-26)20(28)17-7-10-22-11-8-17/h5-8,10-11,16H,2-4,9,12-15H2,1H3,(H2,23,25,29). The van der Waals surface area contributed by atoms with Gasteiger partial charge in [0.2, 0.25) is 0 Å². The van der Waals surface area contributed by atoms with E-state index in [1.165, 1.54) is 0 Å². The molecule has 0 aromatic carbocycles. The minimum Gasteiger partial charge on any atom is -0.353 e. The number of nitrogens with one attached hydrogen (secondary N) is 2. The Morgan fingerprint density at radius 1 is 1.03 bits per heavy atom. The molecule has 1 fully saturated rings. The van der Waals surface area contributed by atoms with Crippen LogP contribution >= 0.6 is 0 Å². The number of anilines is 2. The zero-order valence-corrected chi connectivity index (χ0v) is 16.8. The molecule has 1 aliphatic rings. The predicted molar refractivity (Wildman–Crippen MR) is 113 cm³/mol. The van der Waals surface area contributed by atoms with Gasteiger partial charge in [-0.1, -0.05) is 19.8 Å². The lowest BCUT2D eigenvalue weighted by molar-refractivity contribution is 0.0746. The van der Waals surface area contributed by atoms with Gasteiger partial charge in [0.25, 0.3) is 5.91 Å². The van der Waals surface area contributed by atoms with Gasteiger partial charge in [0.15, 0.2) is 0 Å². The first-order valence-corrected chi connectivity index (χ1v) is 10.1. The van der Waals surface area contributed by atoms with E-state index >= 15 is 0 Å². The molecule has 3 amide bonds. The quantitative estimate of drug-likeness (QED) is 0.703. The van der Waals surface area contributed by atoms with Gasteiger partial charge in [0.1, 0.15) is 5.82 Å². The Hall–Kier alpha value is -3.16. The van der Waals surface area contributed by atoms with E-state index in [0.717, 1.165) is 25.1 Å². The number of urea groups is 1. The third kappa shape index (κ3) is 5.91. The van der Waals surface area contributed by atoms with E-state index in [4.69, 9.17) is 0 Å². The van der Waals surface area contributed by atoms with Crippen molar-refractivity contribution in [2.24, 2.45) is 0 Å². The van der Waals surface area contributed by atoms with Crippen molar-refractivity contribution in [1.29, 1.82) is 0 Å². The number of carbonyl (C=O) groups is 2. The highest BCUT2D eigenvalue weighted by molar-refractivity contribution is 5.94. The third-order valence-corrected chi connectivity index (χ3v) is 4.89. The molecule has 1 saturated heterocycles. The van der Waals surface area contributed by atoms with Gasteiger partial charge in [0.05, 0.1) is 11.9 Å². The maximum atomic E-state index is 12.5. The Kier molecular flexibility index (Phi) is 7.38. The summed E-state index contributed by atoms with van der Waals surface area (Å²) in [6.45, 7) is 5.52. The summed E-state index contributed by atoms with van der Waals surface area (Å²) in [5.74, 6) is 0.874. The van der Waals surface area contributed by atoms with Crippen molar-refractivity contribution >= 4 is 23.4 Å². The molecule has 0 spiro atoms. The fraction of sp³-hybridized carbons (Fsp3) is 0.429. The number of carbonyl (C=O) groups excluding carboxylic acids is 2. The van der Waals surface area contributed by atoms with Gasteiger partial charge >= 0.3 is 6.03 Å². The summed E-state index contributed by atoms with van der Waals surface area (Å²) < 4.78 is 0. The second kappa shape index (κ2) is 10.4. The van der Waals surface area contributed by atoms with Gasteiger partial charge in [-0.15, -0.1) is 0 Å². The molecular weight excluding hydrogens is 368 g/mol. The van der Waals surface area contributed by atoms with Gasteiger partial charge in [0, 0.05) is 50.7 Å². The number of piperazine rings is 1. The molecule has 0 unspecified atom stereocenters. The molecule has 2 N–H and O–H groups in total. The minimum absolute atomic E-state index is 0.0320.